The van der Waals surface area contributed by atoms with Crippen molar-refractivity contribution in [3.8, 4) is 6.07 Å². The van der Waals surface area contributed by atoms with E-state index in [-0.39, 0.29) is 5.69 Å². The number of benzene rings is 1. The van der Waals surface area contributed by atoms with E-state index in [0.29, 0.717) is 22.2 Å². The van der Waals surface area contributed by atoms with Crippen LogP contribution in [0.15, 0.2) is 29.6 Å². The molecule has 0 saturated heterocycles. The van der Waals surface area contributed by atoms with Crippen molar-refractivity contribution in [2.45, 2.75) is 0 Å². The van der Waals surface area contributed by atoms with Crippen LogP contribution in [0.5, 0.6) is 0 Å². The third-order valence-electron chi connectivity index (χ3n) is 2.41. The third kappa shape index (κ3) is 1.24. The summed E-state index contributed by atoms with van der Waals surface area (Å²) < 4.78 is 1.47. The van der Waals surface area contributed by atoms with Gasteiger partial charge in [-0.15, -0.1) is 15.1 Å². The lowest BCUT2D eigenvalue weighted by molar-refractivity contribution is 0.942. The average Bonchev–Trinajstić information content (AvgIpc) is 2.81. The number of nitroso groups, excluding NO2 is 1. The number of hydrogen-bond acceptors (Lipinski definition) is 6. The number of fused-ring (bicyclic) bond motifs is 3. The first-order valence-electron chi connectivity index (χ1n) is 4.71. The van der Waals surface area contributed by atoms with Gasteiger partial charge in [0.05, 0.1) is 11.7 Å². The Balaban J connectivity index is 2.50. The lowest BCUT2D eigenvalue weighted by Crippen LogP contribution is -1.96. The molecule has 0 aliphatic rings. The van der Waals surface area contributed by atoms with Gasteiger partial charge < -0.3 is 0 Å². The van der Waals surface area contributed by atoms with Gasteiger partial charge in [-0.1, -0.05) is 0 Å². The number of nitriles is 1. The van der Waals surface area contributed by atoms with Crippen molar-refractivity contribution in [2.24, 2.45) is 5.18 Å². The number of hydrogen-bond donors (Lipinski definition) is 0. The largest absolute Gasteiger partial charge is 0.210 e. The van der Waals surface area contributed by atoms with Gasteiger partial charge in [0.2, 0.25) is 0 Å². The highest BCUT2D eigenvalue weighted by Gasteiger charge is 2.09. The van der Waals surface area contributed by atoms with E-state index >= 15 is 0 Å². The van der Waals surface area contributed by atoms with Crippen LogP contribution < -0.4 is 0 Å². The highest BCUT2D eigenvalue weighted by atomic mass is 16.3. The maximum absolute atomic E-state index is 10.5. The van der Waals surface area contributed by atoms with Crippen LogP contribution in [0.1, 0.15) is 5.56 Å². The van der Waals surface area contributed by atoms with Gasteiger partial charge in [0.25, 0.3) is 0 Å². The van der Waals surface area contributed by atoms with E-state index in [1.54, 1.807) is 18.2 Å². The Hall–Kier alpha value is -2.88. The quantitative estimate of drug-likeness (QED) is 0.584. The maximum atomic E-state index is 10.5. The molecule has 3 rings (SSSR count). The van der Waals surface area contributed by atoms with Crippen LogP contribution in [-0.2, 0) is 0 Å². The third-order valence-corrected chi connectivity index (χ3v) is 2.41. The van der Waals surface area contributed by atoms with Gasteiger partial charge in [-0.2, -0.15) is 10.4 Å². The number of rotatable bonds is 1. The van der Waals surface area contributed by atoms with E-state index < -0.39 is 0 Å². The summed E-state index contributed by atoms with van der Waals surface area (Å²) in [6.07, 6.45) is 1.41. The van der Waals surface area contributed by atoms with Crippen LogP contribution in [-0.4, -0.2) is 19.8 Å². The molecule has 0 saturated carbocycles. The summed E-state index contributed by atoms with van der Waals surface area (Å²) in [6.45, 7) is 0. The Bertz CT molecular complexity index is 784. The second-order valence-electron chi connectivity index (χ2n) is 3.37. The predicted octanol–water partition coefficient (Wildman–Crippen LogP) is 1.55. The van der Waals surface area contributed by atoms with E-state index in [0.717, 1.165) is 0 Å². The van der Waals surface area contributed by atoms with Crippen molar-refractivity contribution in [2.75, 3.05) is 0 Å². The molecule has 2 aromatic heterocycles. The van der Waals surface area contributed by atoms with Gasteiger partial charge in [0.1, 0.15) is 22.8 Å². The van der Waals surface area contributed by atoms with E-state index in [1.165, 1.54) is 10.7 Å². The minimum atomic E-state index is 0.279. The van der Waals surface area contributed by atoms with Crippen molar-refractivity contribution < 1.29 is 0 Å². The summed E-state index contributed by atoms with van der Waals surface area (Å²) in [5.41, 5.74) is 2.15. The van der Waals surface area contributed by atoms with Gasteiger partial charge in [0, 0.05) is 0 Å². The number of aromatic nitrogens is 4. The van der Waals surface area contributed by atoms with Crippen LogP contribution in [0, 0.1) is 16.2 Å². The van der Waals surface area contributed by atoms with E-state index in [2.05, 4.69) is 20.5 Å². The summed E-state index contributed by atoms with van der Waals surface area (Å²) in [4.78, 5) is 10.5. The lowest BCUT2D eigenvalue weighted by atomic mass is 10.3. The van der Waals surface area contributed by atoms with Crippen molar-refractivity contribution in [1.82, 2.24) is 19.8 Å². The second-order valence-corrected chi connectivity index (χ2v) is 3.37. The Morgan fingerprint density at radius 2 is 2.24 bits per heavy atom. The maximum Gasteiger partial charge on any atom is 0.195 e. The van der Waals surface area contributed by atoms with Crippen LogP contribution in [0.3, 0.4) is 0 Å². The van der Waals surface area contributed by atoms with Crippen LogP contribution >= 0.6 is 0 Å². The fourth-order valence-electron chi connectivity index (χ4n) is 1.62. The van der Waals surface area contributed by atoms with Crippen molar-refractivity contribution in [1.29, 1.82) is 5.26 Å². The smallest absolute Gasteiger partial charge is 0.195 e. The normalized spacial score (nSPS) is 10.5. The standard InChI is InChI=1S/C10H4N6O/c11-4-6-5-12-16-9-3-7(15-17)1-2-8(9)13-14-10(6)16/h1-3,5H. The number of nitrogens with zero attached hydrogens (tertiary/aromatic N) is 6. The molecule has 1 aromatic carbocycles. The molecule has 7 heteroatoms. The molecular weight excluding hydrogens is 220 g/mol. The van der Waals surface area contributed by atoms with Crippen molar-refractivity contribution >= 4 is 22.4 Å². The molecule has 7 nitrogen and oxygen atoms in total. The van der Waals surface area contributed by atoms with Gasteiger partial charge in [-0.3, -0.25) is 0 Å². The predicted molar refractivity (Wildman–Crippen MR) is 58.5 cm³/mol. The highest BCUT2D eigenvalue weighted by Crippen LogP contribution is 2.20. The summed E-state index contributed by atoms with van der Waals surface area (Å²) in [5.74, 6) is 0. The molecule has 17 heavy (non-hydrogen) atoms. The Labute approximate surface area is 94.3 Å². The van der Waals surface area contributed by atoms with E-state index in [1.807, 2.05) is 6.07 Å². The molecule has 0 aliphatic carbocycles. The molecule has 0 amide bonds. The molecule has 0 atom stereocenters. The molecule has 80 valence electrons. The fraction of sp³-hybridized carbons (Fsp3) is 0. The van der Waals surface area contributed by atoms with E-state index in [4.69, 9.17) is 5.26 Å². The molecule has 0 bridgehead atoms. The van der Waals surface area contributed by atoms with Crippen LogP contribution in [0.25, 0.3) is 16.7 Å². The molecule has 0 N–H and O–H groups in total. The monoisotopic (exact) mass is 224 g/mol. The van der Waals surface area contributed by atoms with Crippen LogP contribution in [0.4, 0.5) is 5.69 Å². The van der Waals surface area contributed by atoms with Crippen molar-refractivity contribution in [3.05, 3.63) is 34.9 Å². The zero-order chi connectivity index (χ0) is 11.8. The topological polar surface area (TPSA) is 96.3 Å². The van der Waals surface area contributed by atoms with Crippen LogP contribution in [0.2, 0.25) is 0 Å². The minimum Gasteiger partial charge on any atom is -0.210 e. The first kappa shape index (κ1) is 9.35. The molecule has 0 aliphatic heterocycles. The fourth-order valence-corrected chi connectivity index (χ4v) is 1.62. The molecule has 0 fully saturated rings. The Kier molecular flexibility index (Phi) is 1.82. The molecule has 0 radical (unpaired) electrons. The summed E-state index contributed by atoms with van der Waals surface area (Å²) in [7, 11) is 0. The zero-order valence-electron chi connectivity index (χ0n) is 8.40. The van der Waals surface area contributed by atoms with Gasteiger partial charge >= 0.3 is 0 Å². The van der Waals surface area contributed by atoms with Gasteiger partial charge in [-0.05, 0) is 23.4 Å². The highest BCUT2D eigenvalue weighted by molar-refractivity contribution is 5.80. The average molecular weight is 224 g/mol. The first-order chi connectivity index (χ1) is 8.33. The lowest BCUT2D eigenvalue weighted by Gasteiger charge is -1.99. The Morgan fingerprint density at radius 1 is 1.35 bits per heavy atom. The summed E-state index contributed by atoms with van der Waals surface area (Å²) >= 11 is 0. The second kappa shape index (κ2) is 3.31. The first-order valence-corrected chi connectivity index (χ1v) is 4.71. The minimum absolute atomic E-state index is 0.279. The summed E-state index contributed by atoms with van der Waals surface area (Å²) in [5, 5.41) is 23.6. The molecule has 0 unspecified atom stereocenters. The molecular formula is C10H4N6O. The van der Waals surface area contributed by atoms with Gasteiger partial charge in [-0.25, -0.2) is 4.52 Å². The summed E-state index contributed by atoms with van der Waals surface area (Å²) in [6, 6.07) is 6.70. The van der Waals surface area contributed by atoms with Gasteiger partial charge in [0.15, 0.2) is 5.65 Å². The molecule has 3 aromatic rings. The Morgan fingerprint density at radius 3 is 3.00 bits per heavy atom. The SMILES string of the molecule is N#Cc1cnn2c1nnc1ccc(N=O)cc12. The molecule has 0 spiro atoms. The van der Waals surface area contributed by atoms with E-state index in [9.17, 15) is 4.91 Å². The van der Waals surface area contributed by atoms with Crippen molar-refractivity contribution in [3.63, 3.8) is 0 Å². The molecule has 2 heterocycles. The zero-order valence-corrected chi connectivity index (χ0v) is 8.40.